The van der Waals surface area contributed by atoms with E-state index in [2.05, 4.69) is 29.1 Å². The van der Waals surface area contributed by atoms with Crippen molar-refractivity contribution in [2.45, 2.75) is 44.7 Å². The maximum Gasteiger partial charge on any atom is 0.0112 e. The fourth-order valence-electron chi connectivity index (χ4n) is 2.47. The molecule has 94 valence electrons. The summed E-state index contributed by atoms with van der Waals surface area (Å²) in [6.45, 7) is 8.64. The summed E-state index contributed by atoms with van der Waals surface area (Å²) in [6.07, 6.45) is 5.45. The predicted molar refractivity (Wildman–Crippen MR) is 68.8 cm³/mol. The molecule has 0 spiro atoms. The number of nitrogens with one attached hydrogen (secondary N) is 1. The van der Waals surface area contributed by atoms with Gasteiger partial charge < -0.3 is 10.2 Å². The fraction of sp³-hybridized carbons (Fsp3) is 1.00. The first-order valence-corrected chi connectivity index (χ1v) is 6.91. The van der Waals surface area contributed by atoms with Crippen molar-refractivity contribution in [2.75, 3.05) is 39.8 Å². The molecule has 2 fully saturated rings. The molecule has 2 aliphatic rings. The highest BCUT2D eigenvalue weighted by Gasteiger charge is 2.21. The molecule has 0 amide bonds. The van der Waals surface area contributed by atoms with Gasteiger partial charge in [0.2, 0.25) is 0 Å². The average Bonchev–Trinajstić information content (AvgIpc) is 3.06. The molecule has 1 aliphatic carbocycles. The minimum Gasteiger partial charge on any atom is -0.314 e. The van der Waals surface area contributed by atoms with Crippen LogP contribution in [0, 0.1) is 0 Å². The van der Waals surface area contributed by atoms with Crippen LogP contribution in [-0.4, -0.2) is 61.7 Å². The molecular weight excluding hydrogens is 198 g/mol. The van der Waals surface area contributed by atoms with Crippen molar-refractivity contribution >= 4 is 0 Å². The van der Waals surface area contributed by atoms with Crippen molar-refractivity contribution in [3.05, 3.63) is 0 Å². The second-order valence-corrected chi connectivity index (χ2v) is 5.56. The minimum absolute atomic E-state index is 0.748. The maximum absolute atomic E-state index is 3.61. The average molecular weight is 225 g/mol. The first kappa shape index (κ1) is 12.3. The van der Waals surface area contributed by atoms with Crippen molar-refractivity contribution in [2.24, 2.45) is 0 Å². The Morgan fingerprint density at radius 3 is 2.75 bits per heavy atom. The molecule has 0 bridgehead atoms. The largest absolute Gasteiger partial charge is 0.314 e. The highest BCUT2D eigenvalue weighted by Crippen LogP contribution is 2.18. The SMILES string of the molecule is CC(CCNC1CC1)N1CCCN(C)CC1. The summed E-state index contributed by atoms with van der Waals surface area (Å²) < 4.78 is 0. The monoisotopic (exact) mass is 225 g/mol. The summed E-state index contributed by atoms with van der Waals surface area (Å²) in [4.78, 5) is 5.12. The first-order chi connectivity index (χ1) is 7.75. The summed E-state index contributed by atoms with van der Waals surface area (Å²) in [5.74, 6) is 0. The van der Waals surface area contributed by atoms with Gasteiger partial charge in [0.15, 0.2) is 0 Å². The lowest BCUT2D eigenvalue weighted by Crippen LogP contribution is -2.38. The van der Waals surface area contributed by atoms with E-state index in [1.54, 1.807) is 0 Å². The first-order valence-electron chi connectivity index (χ1n) is 6.91. The van der Waals surface area contributed by atoms with Gasteiger partial charge in [0.05, 0.1) is 0 Å². The van der Waals surface area contributed by atoms with Crippen molar-refractivity contribution in [1.82, 2.24) is 15.1 Å². The zero-order valence-corrected chi connectivity index (χ0v) is 10.9. The molecule has 16 heavy (non-hydrogen) atoms. The third-order valence-corrected chi connectivity index (χ3v) is 3.95. The van der Waals surface area contributed by atoms with Gasteiger partial charge in [-0.05, 0) is 59.3 Å². The van der Waals surface area contributed by atoms with Crippen LogP contribution in [0.15, 0.2) is 0 Å². The molecule has 1 atom stereocenters. The lowest BCUT2D eigenvalue weighted by molar-refractivity contribution is 0.205. The molecule has 0 aromatic heterocycles. The zero-order chi connectivity index (χ0) is 11.4. The molecule has 0 aromatic carbocycles. The number of nitrogens with zero attached hydrogens (tertiary/aromatic N) is 2. The third-order valence-electron chi connectivity index (χ3n) is 3.95. The number of likely N-dealkylation sites (N-methyl/N-ethyl adjacent to an activating group) is 1. The molecule has 0 radical (unpaired) electrons. The van der Waals surface area contributed by atoms with Crippen LogP contribution in [-0.2, 0) is 0 Å². The Hall–Kier alpha value is -0.120. The number of hydrogen-bond donors (Lipinski definition) is 1. The van der Waals surface area contributed by atoms with Gasteiger partial charge in [0, 0.05) is 25.2 Å². The van der Waals surface area contributed by atoms with Crippen LogP contribution in [0.25, 0.3) is 0 Å². The Labute approximate surface area is 100 Å². The third kappa shape index (κ3) is 4.04. The van der Waals surface area contributed by atoms with E-state index in [1.807, 2.05) is 0 Å². The minimum atomic E-state index is 0.748. The van der Waals surface area contributed by atoms with Crippen LogP contribution in [0.4, 0.5) is 0 Å². The van der Waals surface area contributed by atoms with Gasteiger partial charge in [0.1, 0.15) is 0 Å². The molecule has 1 aliphatic heterocycles. The Morgan fingerprint density at radius 2 is 2.00 bits per heavy atom. The van der Waals surface area contributed by atoms with E-state index in [0.717, 1.165) is 12.1 Å². The van der Waals surface area contributed by atoms with E-state index in [-0.39, 0.29) is 0 Å². The highest BCUT2D eigenvalue weighted by atomic mass is 15.2. The molecule has 1 saturated heterocycles. The lowest BCUT2D eigenvalue weighted by Gasteiger charge is -2.27. The van der Waals surface area contributed by atoms with Crippen molar-refractivity contribution in [3.8, 4) is 0 Å². The molecule has 2 rings (SSSR count). The highest BCUT2D eigenvalue weighted by molar-refractivity contribution is 4.81. The van der Waals surface area contributed by atoms with E-state index >= 15 is 0 Å². The molecule has 1 N–H and O–H groups in total. The second-order valence-electron chi connectivity index (χ2n) is 5.56. The molecular formula is C13H27N3. The molecule has 1 heterocycles. The molecule has 1 unspecified atom stereocenters. The summed E-state index contributed by atoms with van der Waals surface area (Å²) in [6, 6.07) is 1.61. The van der Waals surface area contributed by atoms with Gasteiger partial charge in [-0.1, -0.05) is 0 Å². The van der Waals surface area contributed by atoms with Crippen LogP contribution in [0.2, 0.25) is 0 Å². The van der Waals surface area contributed by atoms with E-state index < -0.39 is 0 Å². The maximum atomic E-state index is 3.61. The summed E-state index contributed by atoms with van der Waals surface area (Å²) >= 11 is 0. The normalized spacial score (nSPS) is 26.6. The molecule has 0 aromatic rings. The van der Waals surface area contributed by atoms with Crippen LogP contribution in [0.5, 0.6) is 0 Å². The van der Waals surface area contributed by atoms with Crippen molar-refractivity contribution < 1.29 is 0 Å². The summed E-state index contributed by atoms with van der Waals surface area (Å²) in [5, 5.41) is 3.61. The smallest absolute Gasteiger partial charge is 0.0112 e. The predicted octanol–water partition coefficient (Wildman–Crippen LogP) is 1.15. The van der Waals surface area contributed by atoms with Gasteiger partial charge in [-0.15, -0.1) is 0 Å². The van der Waals surface area contributed by atoms with Crippen LogP contribution in [0.1, 0.15) is 32.6 Å². The topological polar surface area (TPSA) is 18.5 Å². The van der Waals surface area contributed by atoms with E-state index in [9.17, 15) is 0 Å². The van der Waals surface area contributed by atoms with Crippen molar-refractivity contribution in [1.29, 1.82) is 0 Å². The van der Waals surface area contributed by atoms with Gasteiger partial charge in [0.25, 0.3) is 0 Å². The van der Waals surface area contributed by atoms with Crippen molar-refractivity contribution in [3.63, 3.8) is 0 Å². The van der Waals surface area contributed by atoms with E-state index in [0.29, 0.717) is 0 Å². The second kappa shape index (κ2) is 5.99. The Bertz CT molecular complexity index is 203. The fourth-order valence-corrected chi connectivity index (χ4v) is 2.47. The quantitative estimate of drug-likeness (QED) is 0.757. The van der Waals surface area contributed by atoms with Crippen LogP contribution < -0.4 is 5.32 Å². The Balaban J connectivity index is 1.63. The standard InChI is InChI=1S/C13H27N3/c1-12(6-7-14-13-4-5-13)16-9-3-8-15(2)10-11-16/h12-14H,3-11H2,1-2H3. The number of rotatable bonds is 5. The van der Waals surface area contributed by atoms with Gasteiger partial charge in [-0.3, -0.25) is 4.90 Å². The summed E-state index contributed by atoms with van der Waals surface area (Å²) in [5.41, 5.74) is 0. The number of hydrogen-bond acceptors (Lipinski definition) is 3. The molecule has 3 heteroatoms. The van der Waals surface area contributed by atoms with E-state index in [4.69, 9.17) is 0 Å². The Kier molecular flexibility index (Phi) is 4.62. The van der Waals surface area contributed by atoms with Gasteiger partial charge in [-0.25, -0.2) is 0 Å². The van der Waals surface area contributed by atoms with E-state index in [1.165, 1.54) is 58.4 Å². The van der Waals surface area contributed by atoms with Gasteiger partial charge >= 0.3 is 0 Å². The lowest BCUT2D eigenvalue weighted by atomic mass is 10.2. The van der Waals surface area contributed by atoms with Crippen LogP contribution in [0.3, 0.4) is 0 Å². The molecule has 3 nitrogen and oxygen atoms in total. The van der Waals surface area contributed by atoms with Crippen LogP contribution >= 0.6 is 0 Å². The van der Waals surface area contributed by atoms with Gasteiger partial charge in [-0.2, -0.15) is 0 Å². The zero-order valence-electron chi connectivity index (χ0n) is 10.9. The Morgan fingerprint density at radius 1 is 1.19 bits per heavy atom. The summed E-state index contributed by atoms with van der Waals surface area (Å²) in [7, 11) is 2.24. The molecule has 1 saturated carbocycles.